The molecule has 1 aromatic heterocycles. The van der Waals surface area contributed by atoms with E-state index in [0.717, 1.165) is 41.2 Å². The van der Waals surface area contributed by atoms with E-state index < -0.39 is 0 Å². The second-order valence-corrected chi connectivity index (χ2v) is 6.74. The Morgan fingerprint density at radius 1 is 1.35 bits per heavy atom. The molecule has 5 heteroatoms. The zero-order valence-electron chi connectivity index (χ0n) is 15.2. The number of aliphatic imine (C=N–C) groups is 1. The third kappa shape index (κ3) is 2.69. The number of amides is 1. The van der Waals surface area contributed by atoms with Crippen LogP contribution in [0.15, 0.2) is 48.4 Å². The fourth-order valence-corrected chi connectivity index (χ4v) is 3.63. The SMILES string of the molecule is C=C(C)c1cccc2c1CCN1C(=O)CN=C(n3cnc(CC)c3)C=C21. The van der Waals surface area contributed by atoms with Crippen LogP contribution in [0.5, 0.6) is 0 Å². The van der Waals surface area contributed by atoms with E-state index in [1.807, 2.05) is 34.7 Å². The number of rotatable bonds is 2. The van der Waals surface area contributed by atoms with Crippen LogP contribution in [0, 0.1) is 0 Å². The molecule has 0 unspecified atom stereocenters. The molecule has 26 heavy (non-hydrogen) atoms. The van der Waals surface area contributed by atoms with Crippen molar-refractivity contribution in [3.63, 3.8) is 0 Å². The van der Waals surface area contributed by atoms with Gasteiger partial charge in [0.2, 0.25) is 5.91 Å². The van der Waals surface area contributed by atoms with Gasteiger partial charge in [-0.3, -0.25) is 14.4 Å². The lowest BCUT2D eigenvalue weighted by molar-refractivity contribution is -0.126. The maximum Gasteiger partial charge on any atom is 0.248 e. The molecule has 0 saturated heterocycles. The summed E-state index contributed by atoms with van der Waals surface area (Å²) in [5.74, 6) is 0.782. The largest absolute Gasteiger partial charge is 0.310 e. The fraction of sp³-hybridized carbons (Fsp3) is 0.286. The van der Waals surface area contributed by atoms with Gasteiger partial charge in [0, 0.05) is 24.4 Å². The quantitative estimate of drug-likeness (QED) is 0.839. The molecule has 0 saturated carbocycles. The van der Waals surface area contributed by atoms with E-state index >= 15 is 0 Å². The van der Waals surface area contributed by atoms with Crippen molar-refractivity contribution in [2.45, 2.75) is 26.7 Å². The van der Waals surface area contributed by atoms with E-state index in [-0.39, 0.29) is 12.5 Å². The van der Waals surface area contributed by atoms with Crippen LogP contribution in [0.1, 0.15) is 36.2 Å². The molecular weight excluding hydrogens is 324 g/mol. The van der Waals surface area contributed by atoms with Gasteiger partial charge < -0.3 is 4.90 Å². The average molecular weight is 346 g/mol. The summed E-state index contributed by atoms with van der Waals surface area (Å²) < 4.78 is 1.90. The Morgan fingerprint density at radius 3 is 2.92 bits per heavy atom. The Kier molecular flexibility index (Phi) is 4.07. The fourth-order valence-electron chi connectivity index (χ4n) is 3.63. The number of hydrogen-bond acceptors (Lipinski definition) is 3. The van der Waals surface area contributed by atoms with Crippen molar-refractivity contribution >= 4 is 23.0 Å². The third-order valence-corrected chi connectivity index (χ3v) is 4.99. The van der Waals surface area contributed by atoms with Gasteiger partial charge in [-0.15, -0.1) is 0 Å². The predicted octanol–water partition coefficient (Wildman–Crippen LogP) is 3.16. The Morgan fingerprint density at radius 2 is 2.19 bits per heavy atom. The molecule has 3 heterocycles. The van der Waals surface area contributed by atoms with Crippen LogP contribution >= 0.6 is 0 Å². The smallest absolute Gasteiger partial charge is 0.248 e. The molecule has 5 nitrogen and oxygen atoms in total. The van der Waals surface area contributed by atoms with E-state index in [1.54, 1.807) is 6.33 Å². The molecule has 2 aromatic rings. The van der Waals surface area contributed by atoms with E-state index in [0.29, 0.717) is 6.54 Å². The third-order valence-electron chi connectivity index (χ3n) is 4.99. The minimum Gasteiger partial charge on any atom is -0.310 e. The van der Waals surface area contributed by atoms with Crippen molar-refractivity contribution in [2.75, 3.05) is 13.1 Å². The maximum absolute atomic E-state index is 12.7. The number of fused-ring (bicyclic) bond motifs is 3. The van der Waals surface area contributed by atoms with Gasteiger partial charge in [-0.1, -0.05) is 37.3 Å². The van der Waals surface area contributed by atoms with Gasteiger partial charge in [0.05, 0.1) is 11.4 Å². The number of carbonyl (C=O) groups excluding carboxylic acids is 1. The molecule has 1 amide bonds. The molecule has 1 aromatic carbocycles. The Bertz CT molecular complexity index is 964. The van der Waals surface area contributed by atoms with Crippen molar-refractivity contribution < 1.29 is 4.79 Å². The number of aromatic nitrogens is 2. The van der Waals surface area contributed by atoms with Crippen LogP contribution in [-0.4, -0.2) is 39.3 Å². The number of allylic oxidation sites excluding steroid dienone is 2. The minimum atomic E-state index is 0.0356. The molecule has 0 aliphatic carbocycles. The van der Waals surface area contributed by atoms with Crippen LogP contribution < -0.4 is 0 Å². The highest BCUT2D eigenvalue weighted by Crippen LogP contribution is 2.34. The average Bonchev–Trinajstić information content (AvgIpc) is 3.06. The van der Waals surface area contributed by atoms with Crippen LogP contribution in [0.3, 0.4) is 0 Å². The summed E-state index contributed by atoms with van der Waals surface area (Å²) in [4.78, 5) is 23.4. The Hall–Kier alpha value is -2.95. The maximum atomic E-state index is 12.7. The minimum absolute atomic E-state index is 0.0356. The number of benzene rings is 1. The second kappa shape index (κ2) is 6.41. The first kappa shape index (κ1) is 16.5. The van der Waals surface area contributed by atoms with Crippen molar-refractivity contribution in [1.29, 1.82) is 0 Å². The van der Waals surface area contributed by atoms with E-state index in [2.05, 4.69) is 35.6 Å². The number of imidazole rings is 1. The molecule has 0 bridgehead atoms. The van der Waals surface area contributed by atoms with Crippen molar-refractivity contribution in [1.82, 2.24) is 14.5 Å². The van der Waals surface area contributed by atoms with E-state index in [4.69, 9.17) is 0 Å². The highest BCUT2D eigenvalue weighted by atomic mass is 16.2. The molecule has 0 spiro atoms. The summed E-state index contributed by atoms with van der Waals surface area (Å²) in [5.41, 5.74) is 6.50. The van der Waals surface area contributed by atoms with Crippen molar-refractivity contribution in [3.05, 3.63) is 65.8 Å². The number of hydrogen-bond donors (Lipinski definition) is 0. The number of nitrogens with zero attached hydrogens (tertiary/aromatic N) is 4. The molecule has 4 rings (SSSR count). The molecule has 0 radical (unpaired) electrons. The highest BCUT2D eigenvalue weighted by molar-refractivity contribution is 6.06. The summed E-state index contributed by atoms with van der Waals surface area (Å²) in [6, 6.07) is 6.22. The molecule has 2 aliphatic heterocycles. The van der Waals surface area contributed by atoms with Gasteiger partial charge in [-0.2, -0.15) is 0 Å². The van der Waals surface area contributed by atoms with Crippen molar-refractivity contribution in [2.24, 2.45) is 4.99 Å². The molecule has 0 fully saturated rings. The van der Waals surface area contributed by atoms with Gasteiger partial charge in [-0.25, -0.2) is 4.98 Å². The van der Waals surface area contributed by atoms with Crippen molar-refractivity contribution in [3.8, 4) is 0 Å². The topological polar surface area (TPSA) is 50.5 Å². The van der Waals surface area contributed by atoms with Gasteiger partial charge in [0.15, 0.2) is 0 Å². The summed E-state index contributed by atoms with van der Waals surface area (Å²) >= 11 is 0. The summed E-state index contributed by atoms with van der Waals surface area (Å²) in [6.45, 7) is 9.04. The predicted molar refractivity (Wildman–Crippen MR) is 104 cm³/mol. The summed E-state index contributed by atoms with van der Waals surface area (Å²) in [7, 11) is 0. The molecule has 0 atom stereocenters. The molecule has 2 aliphatic rings. The first-order chi connectivity index (χ1) is 12.6. The summed E-state index contributed by atoms with van der Waals surface area (Å²) in [6.07, 6.45) is 7.45. The number of aryl methyl sites for hydroxylation is 1. The van der Waals surface area contributed by atoms with Gasteiger partial charge in [0.25, 0.3) is 0 Å². The zero-order valence-corrected chi connectivity index (χ0v) is 15.2. The van der Waals surface area contributed by atoms with Gasteiger partial charge in [0.1, 0.15) is 18.7 Å². The van der Waals surface area contributed by atoms with Crippen LogP contribution in [0.25, 0.3) is 11.3 Å². The second-order valence-electron chi connectivity index (χ2n) is 6.74. The first-order valence-electron chi connectivity index (χ1n) is 8.96. The van der Waals surface area contributed by atoms with Gasteiger partial charge >= 0.3 is 0 Å². The monoisotopic (exact) mass is 346 g/mol. The number of carbonyl (C=O) groups is 1. The first-order valence-corrected chi connectivity index (χ1v) is 8.96. The highest BCUT2D eigenvalue weighted by Gasteiger charge is 2.29. The zero-order chi connectivity index (χ0) is 18.3. The lowest BCUT2D eigenvalue weighted by atomic mass is 9.89. The standard InChI is InChI=1S/C21H22N4O/c1-4-15-12-24(13-23-15)20-10-19-18-7-5-6-16(14(2)3)17(18)8-9-25(19)21(26)11-22-20/h5-7,10,12-13H,2,4,8-9,11H2,1,3H3. The van der Waals surface area contributed by atoms with Crippen LogP contribution in [0.2, 0.25) is 0 Å². The normalized spacial score (nSPS) is 16.4. The van der Waals surface area contributed by atoms with E-state index in [1.165, 1.54) is 11.1 Å². The summed E-state index contributed by atoms with van der Waals surface area (Å²) in [5, 5.41) is 0. The van der Waals surface area contributed by atoms with Crippen LogP contribution in [0.4, 0.5) is 0 Å². The Labute approximate surface area is 153 Å². The molecule has 0 N–H and O–H groups in total. The molecular formula is C21H22N4O. The van der Waals surface area contributed by atoms with Crippen LogP contribution in [-0.2, 0) is 17.6 Å². The van der Waals surface area contributed by atoms with Gasteiger partial charge in [-0.05, 0) is 30.9 Å². The lowest BCUT2D eigenvalue weighted by Gasteiger charge is -2.32. The lowest BCUT2D eigenvalue weighted by Crippen LogP contribution is -2.36. The Balaban J connectivity index is 1.86. The molecule has 132 valence electrons. The van der Waals surface area contributed by atoms with E-state index in [9.17, 15) is 4.79 Å².